The minimum Gasteiger partial charge on any atom is -0.464 e. The molecule has 1 rings (SSSR count). The molecule has 0 radical (unpaired) electrons. The summed E-state index contributed by atoms with van der Waals surface area (Å²) >= 11 is 0. The molecule has 0 aromatic rings. The van der Waals surface area contributed by atoms with Gasteiger partial charge in [0.2, 0.25) is 0 Å². The number of hydrogen-bond acceptors (Lipinski definition) is 6. The van der Waals surface area contributed by atoms with E-state index in [0.717, 1.165) is 0 Å². The first-order valence-corrected chi connectivity index (χ1v) is 7.26. The number of carbonyl (C=O) groups is 2. The Hall–Kier alpha value is -1.34. The van der Waals surface area contributed by atoms with Gasteiger partial charge in [0.25, 0.3) is 0 Å². The number of hydrogen-bond donors (Lipinski definition) is 1. The summed E-state index contributed by atoms with van der Waals surface area (Å²) in [5.74, 6) is -0.429. The summed E-state index contributed by atoms with van der Waals surface area (Å²) in [4.78, 5) is 25.6. The molecule has 21 heavy (non-hydrogen) atoms. The Morgan fingerprint density at radius 3 is 2.52 bits per heavy atom. The largest absolute Gasteiger partial charge is 0.464 e. The van der Waals surface area contributed by atoms with Crippen molar-refractivity contribution in [2.24, 2.45) is 5.73 Å². The third-order valence-corrected chi connectivity index (χ3v) is 2.92. The average Bonchev–Trinajstić information content (AvgIpc) is 2.79. The molecule has 1 saturated heterocycles. The van der Waals surface area contributed by atoms with Gasteiger partial charge in [-0.05, 0) is 27.7 Å². The van der Waals surface area contributed by atoms with Crippen LogP contribution in [0.1, 0.15) is 34.1 Å². The van der Waals surface area contributed by atoms with Gasteiger partial charge in [0.1, 0.15) is 11.6 Å². The predicted molar refractivity (Wildman–Crippen MR) is 76.8 cm³/mol. The van der Waals surface area contributed by atoms with Crippen LogP contribution in [0.15, 0.2) is 0 Å². The lowest BCUT2D eigenvalue weighted by molar-refractivity contribution is -0.148. The standard InChI is InChI=1S/C14H26N2O5/c1-5-19-12(17)11-8-10(20-7-6-15)9-16(11)13(18)21-14(2,3)4/h10-11H,5-9,15H2,1-4H3/t10?,11-/m0/s1. The predicted octanol–water partition coefficient (Wildman–Crippen LogP) is 0.903. The molecule has 1 aliphatic heterocycles. The maximum absolute atomic E-state index is 12.2. The van der Waals surface area contributed by atoms with E-state index in [-0.39, 0.29) is 12.7 Å². The van der Waals surface area contributed by atoms with Crippen molar-refractivity contribution in [2.45, 2.75) is 51.9 Å². The fourth-order valence-electron chi connectivity index (χ4n) is 2.14. The summed E-state index contributed by atoms with van der Waals surface area (Å²) < 4.78 is 15.9. The zero-order valence-electron chi connectivity index (χ0n) is 13.3. The SMILES string of the molecule is CCOC(=O)[C@@H]1CC(OCCN)CN1C(=O)OC(C)(C)C. The van der Waals surface area contributed by atoms with Crippen LogP contribution in [0.2, 0.25) is 0 Å². The van der Waals surface area contributed by atoms with Gasteiger partial charge in [-0.15, -0.1) is 0 Å². The average molecular weight is 302 g/mol. The zero-order valence-corrected chi connectivity index (χ0v) is 13.3. The van der Waals surface area contributed by atoms with Crippen LogP contribution >= 0.6 is 0 Å². The molecule has 7 nitrogen and oxygen atoms in total. The molecule has 1 heterocycles. The van der Waals surface area contributed by atoms with Crippen LogP contribution in [-0.2, 0) is 19.0 Å². The number of amides is 1. The lowest BCUT2D eigenvalue weighted by Gasteiger charge is -2.27. The molecule has 2 atom stereocenters. The van der Waals surface area contributed by atoms with E-state index in [1.807, 2.05) is 0 Å². The van der Waals surface area contributed by atoms with E-state index in [9.17, 15) is 9.59 Å². The van der Waals surface area contributed by atoms with Crippen LogP contribution < -0.4 is 5.73 Å². The first kappa shape index (κ1) is 17.7. The summed E-state index contributed by atoms with van der Waals surface area (Å²) in [5.41, 5.74) is 4.79. The van der Waals surface area contributed by atoms with Crippen LogP contribution in [0.4, 0.5) is 4.79 Å². The number of rotatable bonds is 5. The lowest BCUT2D eigenvalue weighted by Crippen LogP contribution is -2.44. The third kappa shape index (κ3) is 5.51. The van der Waals surface area contributed by atoms with Gasteiger partial charge in [-0.3, -0.25) is 4.90 Å². The van der Waals surface area contributed by atoms with Crippen molar-refractivity contribution in [3.8, 4) is 0 Å². The molecule has 0 aliphatic carbocycles. The molecule has 0 bridgehead atoms. The Kier molecular flexibility index (Phi) is 6.42. The molecule has 7 heteroatoms. The molecule has 2 N–H and O–H groups in total. The van der Waals surface area contributed by atoms with Crippen molar-refractivity contribution >= 4 is 12.1 Å². The number of likely N-dealkylation sites (tertiary alicyclic amines) is 1. The third-order valence-electron chi connectivity index (χ3n) is 2.92. The summed E-state index contributed by atoms with van der Waals surface area (Å²) in [6.07, 6.45) is -0.354. The van der Waals surface area contributed by atoms with Gasteiger partial charge in [0.05, 0.1) is 25.9 Å². The van der Waals surface area contributed by atoms with Gasteiger partial charge in [-0.1, -0.05) is 0 Å². The number of ether oxygens (including phenoxy) is 3. The van der Waals surface area contributed by atoms with E-state index in [1.54, 1.807) is 27.7 Å². The van der Waals surface area contributed by atoms with E-state index in [0.29, 0.717) is 26.1 Å². The summed E-state index contributed by atoms with van der Waals surface area (Å²) in [6, 6.07) is -0.664. The molecule has 1 unspecified atom stereocenters. The minimum atomic E-state index is -0.664. The van der Waals surface area contributed by atoms with Gasteiger partial charge < -0.3 is 19.9 Å². The second-order valence-electron chi connectivity index (χ2n) is 5.92. The highest BCUT2D eigenvalue weighted by molar-refractivity contribution is 5.82. The zero-order chi connectivity index (χ0) is 16.0. The van der Waals surface area contributed by atoms with Gasteiger partial charge >= 0.3 is 12.1 Å². The van der Waals surface area contributed by atoms with Crippen molar-refractivity contribution in [1.29, 1.82) is 0 Å². The monoisotopic (exact) mass is 302 g/mol. The molecule has 0 aromatic carbocycles. The number of carbonyl (C=O) groups excluding carboxylic acids is 2. The Labute approximate surface area is 125 Å². The molecule has 122 valence electrons. The Morgan fingerprint density at radius 2 is 2.00 bits per heavy atom. The molecule has 1 aliphatic rings. The van der Waals surface area contributed by atoms with Crippen molar-refractivity contribution in [3.05, 3.63) is 0 Å². The van der Waals surface area contributed by atoms with Gasteiger partial charge in [0.15, 0.2) is 0 Å². The van der Waals surface area contributed by atoms with Gasteiger partial charge in [-0.25, -0.2) is 9.59 Å². The van der Waals surface area contributed by atoms with E-state index in [2.05, 4.69) is 0 Å². The maximum atomic E-state index is 12.2. The van der Waals surface area contributed by atoms with Crippen LogP contribution in [0.25, 0.3) is 0 Å². The lowest BCUT2D eigenvalue weighted by atomic mass is 10.2. The number of nitrogens with zero attached hydrogens (tertiary/aromatic N) is 1. The Bertz CT molecular complexity index is 367. The van der Waals surface area contributed by atoms with E-state index >= 15 is 0 Å². The fraction of sp³-hybridized carbons (Fsp3) is 0.857. The van der Waals surface area contributed by atoms with Crippen LogP contribution in [0, 0.1) is 0 Å². The molecule has 0 aromatic heterocycles. The maximum Gasteiger partial charge on any atom is 0.411 e. The van der Waals surface area contributed by atoms with Crippen molar-refractivity contribution < 1.29 is 23.8 Å². The first-order valence-electron chi connectivity index (χ1n) is 7.26. The Balaban J connectivity index is 2.75. The molecular formula is C14H26N2O5. The molecule has 0 saturated carbocycles. The summed E-state index contributed by atoms with van der Waals surface area (Å²) in [5, 5.41) is 0. The van der Waals surface area contributed by atoms with Gasteiger partial charge in [0, 0.05) is 13.0 Å². The topological polar surface area (TPSA) is 91.1 Å². The minimum absolute atomic E-state index is 0.226. The highest BCUT2D eigenvalue weighted by Gasteiger charge is 2.42. The number of esters is 1. The van der Waals surface area contributed by atoms with Gasteiger partial charge in [-0.2, -0.15) is 0 Å². The molecule has 0 spiro atoms. The second-order valence-corrected chi connectivity index (χ2v) is 5.92. The van der Waals surface area contributed by atoms with E-state index in [1.165, 1.54) is 4.90 Å². The fourth-order valence-corrected chi connectivity index (χ4v) is 2.14. The summed E-state index contributed by atoms with van der Waals surface area (Å²) in [7, 11) is 0. The van der Waals surface area contributed by atoms with Crippen molar-refractivity contribution in [2.75, 3.05) is 26.3 Å². The number of nitrogens with two attached hydrogens (primary N) is 1. The highest BCUT2D eigenvalue weighted by atomic mass is 16.6. The second kappa shape index (κ2) is 7.61. The van der Waals surface area contributed by atoms with Crippen LogP contribution in [0.5, 0.6) is 0 Å². The molecule has 1 fully saturated rings. The Morgan fingerprint density at radius 1 is 1.33 bits per heavy atom. The first-order chi connectivity index (χ1) is 9.78. The van der Waals surface area contributed by atoms with Crippen molar-refractivity contribution in [1.82, 2.24) is 4.90 Å². The van der Waals surface area contributed by atoms with Crippen LogP contribution in [-0.4, -0.2) is 61.0 Å². The molecule has 1 amide bonds. The van der Waals surface area contributed by atoms with Crippen molar-refractivity contribution in [3.63, 3.8) is 0 Å². The van der Waals surface area contributed by atoms with Crippen LogP contribution in [0.3, 0.4) is 0 Å². The smallest absolute Gasteiger partial charge is 0.411 e. The normalized spacial score (nSPS) is 22.2. The quantitative estimate of drug-likeness (QED) is 0.759. The summed E-state index contributed by atoms with van der Waals surface area (Å²) in [6.45, 7) is 8.43. The van der Waals surface area contributed by atoms with E-state index < -0.39 is 23.7 Å². The molecular weight excluding hydrogens is 276 g/mol. The van der Waals surface area contributed by atoms with E-state index in [4.69, 9.17) is 19.9 Å². The highest BCUT2D eigenvalue weighted by Crippen LogP contribution is 2.24.